The molecule has 1 aliphatic heterocycles. The van der Waals surface area contributed by atoms with Gasteiger partial charge in [-0.05, 0) is 18.8 Å². The topological polar surface area (TPSA) is 73.1 Å². The molecule has 5 nitrogen and oxygen atoms in total. The van der Waals surface area contributed by atoms with E-state index < -0.39 is 6.09 Å². The third-order valence-electron chi connectivity index (χ3n) is 2.39. The molecule has 0 bridgehead atoms. The molecule has 74 valence electrons. The van der Waals surface area contributed by atoms with Crippen molar-refractivity contribution in [3.63, 3.8) is 0 Å². The van der Waals surface area contributed by atoms with Crippen LogP contribution in [0.2, 0.25) is 0 Å². The molecule has 5 heteroatoms. The Hall–Kier alpha value is -1.26. The first kappa shape index (κ1) is 9.83. The van der Waals surface area contributed by atoms with Gasteiger partial charge in [-0.15, -0.1) is 0 Å². The van der Waals surface area contributed by atoms with Gasteiger partial charge in [0.15, 0.2) is 0 Å². The summed E-state index contributed by atoms with van der Waals surface area (Å²) in [5, 5.41) is 20.1. The standard InChI is InChI=1S/C8H14N2O3/c1-6-2-3-10(8(11)12)7(4-6)5-9-13/h5-7,13H,2-4H2,1H3,(H,11,12)/t6?,7-/m1/s1. The molecular weight excluding hydrogens is 172 g/mol. The number of carbonyl (C=O) groups is 1. The van der Waals surface area contributed by atoms with E-state index in [0.717, 1.165) is 12.8 Å². The lowest BCUT2D eigenvalue weighted by atomic mass is 9.93. The highest BCUT2D eigenvalue weighted by Gasteiger charge is 2.28. The van der Waals surface area contributed by atoms with Crippen LogP contribution >= 0.6 is 0 Å². The molecule has 2 N–H and O–H groups in total. The third-order valence-corrected chi connectivity index (χ3v) is 2.39. The minimum Gasteiger partial charge on any atom is -0.465 e. The van der Waals surface area contributed by atoms with E-state index in [-0.39, 0.29) is 6.04 Å². The van der Waals surface area contributed by atoms with Crippen LogP contribution in [0.1, 0.15) is 19.8 Å². The summed E-state index contributed by atoms with van der Waals surface area (Å²) < 4.78 is 0. The number of oxime groups is 1. The van der Waals surface area contributed by atoms with E-state index in [1.54, 1.807) is 0 Å². The molecule has 0 aliphatic carbocycles. The number of likely N-dealkylation sites (tertiary alicyclic amines) is 1. The average molecular weight is 186 g/mol. The molecule has 1 aliphatic rings. The first-order valence-electron chi connectivity index (χ1n) is 4.32. The molecule has 1 saturated heterocycles. The Balaban J connectivity index is 2.65. The number of carboxylic acid groups (broad SMARTS) is 1. The lowest BCUT2D eigenvalue weighted by Gasteiger charge is -2.33. The summed E-state index contributed by atoms with van der Waals surface area (Å²) in [5.74, 6) is 0.485. The summed E-state index contributed by atoms with van der Waals surface area (Å²) in [7, 11) is 0. The van der Waals surface area contributed by atoms with E-state index in [9.17, 15) is 4.79 Å². The highest BCUT2D eigenvalue weighted by molar-refractivity contribution is 5.74. The predicted octanol–water partition coefficient (Wildman–Crippen LogP) is 1.22. The van der Waals surface area contributed by atoms with Crippen LogP contribution in [0.25, 0.3) is 0 Å². The summed E-state index contributed by atoms with van der Waals surface area (Å²) in [4.78, 5) is 12.0. The zero-order valence-electron chi connectivity index (χ0n) is 7.55. The van der Waals surface area contributed by atoms with Crippen LogP contribution in [0, 0.1) is 5.92 Å². The lowest BCUT2D eigenvalue weighted by molar-refractivity contribution is 0.113. The molecule has 0 aromatic heterocycles. The maximum atomic E-state index is 10.7. The van der Waals surface area contributed by atoms with Crippen molar-refractivity contribution in [2.45, 2.75) is 25.8 Å². The van der Waals surface area contributed by atoms with Crippen molar-refractivity contribution >= 4 is 12.3 Å². The van der Waals surface area contributed by atoms with E-state index >= 15 is 0 Å². The highest BCUT2D eigenvalue weighted by Crippen LogP contribution is 2.21. The van der Waals surface area contributed by atoms with Crippen LogP contribution in [0.15, 0.2) is 5.16 Å². The van der Waals surface area contributed by atoms with E-state index in [2.05, 4.69) is 12.1 Å². The Morgan fingerprint density at radius 1 is 1.69 bits per heavy atom. The highest BCUT2D eigenvalue weighted by atomic mass is 16.4. The molecule has 2 atom stereocenters. The fraction of sp³-hybridized carbons (Fsp3) is 0.750. The monoisotopic (exact) mass is 186 g/mol. The van der Waals surface area contributed by atoms with Gasteiger partial charge in [-0.25, -0.2) is 4.79 Å². The van der Waals surface area contributed by atoms with Crippen LogP contribution in [0.4, 0.5) is 4.79 Å². The second-order valence-corrected chi connectivity index (χ2v) is 3.44. The molecule has 1 heterocycles. The number of hydrogen-bond acceptors (Lipinski definition) is 3. The quantitative estimate of drug-likeness (QED) is 0.367. The maximum absolute atomic E-state index is 10.7. The first-order chi connectivity index (χ1) is 6.15. The van der Waals surface area contributed by atoms with Crippen LogP contribution in [0.5, 0.6) is 0 Å². The van der Waals surface area contributed by atoms with Crippen LogP contribution in [0.3, 0.4) is 0 Å². The van der Waals surface area contributed by atoms with Gasteiger partial charge in [0, 0.05) is 6.54 Å². The number of hydrogen-bond donors (Lipinski definition) is 2. The average Bonchev–Trinajstić information content (AvgIpc) is 2.04. The first-order valence-corrected chi connectivity index (χ1v) is 4.32. The molecule has 0 aromatic rings. The summed E-state index contributed by atoms with van der Waals surface area (Å²) >= 11 is 0. The minimum absolute atomic E-state index is 0.272. The fourth-order valence-electron chi connectivity index (χ4n) is 1.64. The van der Waals surface area contributed by atoms with Gasteiger partial charge >= 0.3 is 6.09 Å². The second kappa shape index (κ2) is 4.11. The van der Waals surface area contributed by atoms with Crippen molar-refractivity contribution in [2.75, 3.05) is 6.54 Å². The van der Waals surface area contributed by atoms with Gasteiger partial charge in [-0.3, -0.25) is 0 Å². The van der Waals surface area contributed by atoms with Gasteiger partial charge in [-0.2, -0.15) is 0 Å². The van der Waals surface area contributed by atoms with Crippen molar-refractivity contribution in [3.8, 4) is 0 Å². The van der Waals surface area contributed by atoms with E-state index in [0.29, 0.717) is 12.5 Å². The SMILES string of the molecule is CC1CCN(C(=O)O)[C@@H](C=NO)C1. The van der Waals surface area contributed by atoms with Crippen molar-refractivity contribution in [3.05, 3.63) is 0 Å². The number of piperidine rings is 1. The van der Waals surface area contributed by atoms with Crippen LogP contribution < -0.4 is 0 Å². The zero-order chi connectivity index (χ0) is 9.84. The molecule has 0 spiro atoms. The van der Waals surface area contributed by atoms with Crippen molar-refractivity contribution in [2.24, 2.45) is 11.1 Å². The van der Waals surface area contributed by atoms with Gasteiger partial charge in [0.1, 0.15) is 0 Å². The van der Waals surface area contributed by atoms with Crippen molar-refractivity contribution < 1.29 is 15.1 Å². The number of amides is 1. The summed E-state index contributed by atoms with van der Waals surface area (Å²) in [5.41, 5.74) is 0. The largest absolute Gasteiger partial charge is 0.465 e. The van der Waals surface area contributed by atoms with Gasteiger partial charge in [0.2, 0.25) is 0 Å². The Morgan fingerprint density at radius 2 is 2.38 bits per heavy atom. The van der Waals surface area contributed by atoms with E-state index in [4.69, 9.17) is 10.3 Å². The van der Waals surface area contributed by atoms with Crippen LogP contribution in [-0.2, 0) is 0 Å². The Kier molecular flexibility index (Phi) is 3.11. The molecule has 0 aromatic carbocycles. The minimum atomic E-state index is -0.947. The fourth-order valence-corrected chi connectivity index (χ4v) is 1.64. The molecule has 1 unspecified atom stereocenters. The number of nitrogens with zero attached hydrogens (tertiary/aromatic N) is 2. The normalized spacial score (nSPS) is 29.5. The Labute approximate surface area is 76.6 Å². The summed E-state index contributed by atoms with van der Waals surface area (Å²) in [6.07, 6.45) is 1.94. The zero-order valence-corrected chi connectivity index (χ0v) is 7.55. The van der Waals surface area contributed by atoms with Gasteiger partial charge in [0.05, 0.1) is 12.3 Å². The van der Waals surface area contributed by atoms with Gasteiger partial charge in [0.25, 0.3) is 0 Å². The van der Waals surface area contributed by atoms with E-state index in [1.165, 1.54) is 11.1 Å². The van der Waals surface area contributed by atoms with E-state index in [1.807, 2.05) is 0 Å². The smallest absolute Gasteiger partial charge is 0.407 e. The molecule has 1 fully saturated rings. The van der Waals surface area contributed by atoms with Gasteiger partial charge in [-0.1, -0.05) is 12.1 Å². The maximum Gasteiger partial charge on any atom is 0.407 e. The molecule has 0 saturated carbocycles. The summed E-state index contributed by atoms with van der Waals surface area (Å²) in [6, 6.07) is -0.272. The van der Waals surface area contributed by atoms with Crippen LogP contribution in [-0.4, -0.2) is 40.1 Å². The van der Waals surface area contributed by atoms with Gasteiger partial charge < -0.3 is 15.2 Å². The third kappa shape index (κ3) is 2.34. The van der Waals surface area contributed by atoms with Crippen molar-refractivity contribution in [1.29, 1.82) is 0 Å². The lowest BCUT2D eigenvalue weighted by Crippen LogP contribution is -2.45. The second-order valence-electron chi connectivity index (χ2n) is 3.44. The summed E-state index contributed by atoms with van der Waals surface area (Å²) in [6.45, 7) is 2.59. The molecular formula is C8H14N2O3. The Morgan fingerprint density at radius 3 is 2.92 bits per heavy atom. The van der Waals surface area contributed by atoms with Crippen molar-refractivity contribution in [1.82, 2.24) is 4.90 Å². The molecule has 1 rings (SSSR count). The molecule has 0 radical (unpaired) electrons. The molecule has 1 amide bonds. The Bertz CT molecular complexity index is 217. The number of rotatable bonds is 1. The molecule has 13 heavy (non-hydrogen) atoms. The predicted molar refractivity (Wildman–Crippen MR) is 47.2 cm³/mol.